The zero-order valence-corrected chi connectivity index (χ0v) is 14.6. The van der Waals surface area contributed by atoms with Crippen molar-refractivity contribution in [1.82, 2.24) is 14.9 Å². The summed E-state index contributed by atoms with van der Waals surface area (Å²) in [5, 5.41) is 0. The van der Waals surface area contributed by atoms with E-state index < -0.39 is 0 Å². The first-order valence-electron chi connectivity index (χ1n) is 8.57. The third-order valence-corrected chi connectivity index (χ3v) is 4.33. The molecule has 5 heteroatoms. The minimum atomic E-state index is 0.0135. The standard InChI is InChI=1S/C19H24N4O/c1-4-23(16-9-7-8-14(2)12-16)19-20-15(3)13-17(21-19)18(24)22-10-5-6-11-22/h7-9,12-13H,4-6,10-11H2,1-3H3. The van der Waals surface area contributed by atoms with E-state index in [2.05, 4.69) is 35.9 Å². The van der Waals surface area contributed by atoms with Crippen molar-refractivity contribution in [3.63, 3.8) is 0 Å². The number of aromatic nitrogens is 2. The average molecular weight is 324 g/mol. The highest BCUT2D eigenvalue weighted by atomic mass is 16.2. The number of benzene rings is 1. The van der Waals surface area contributed by atoms with Crippen molar-refractivity contribution in [1.29, 1.82) is 0 Å². The van der Waals surface area contributed by atoms with Crippen molar-refractivity contribution >= 4 is 17.5 Å². The molecule has 24 heavy (non-hydrogen) atoms. The SMILES string of the molecule is CCN(c1cccc(C)c1)c1nc(C)cc(C(=O)N2CCCC2)n1. The van der Waals surface area contributed by atoms with Crippen molar-refractivity contribution in [3.8, 4) is 0 Å². The lowest BCUT2D eigenvalue weighted by molar-refractivity contribution is 0.0787. The summed E-state index contributed by atoms with van der Waals surface area (Å²) in [6.07, 6.45) is 2.15. The molecule has 126 valence electrons. The molecular weight excluding hydrogens is 300 g/mol. The summed E-state index contributed by atoms with van der Waals surface area (Å²) >= 11 is 0. The second kappa shape index (κ2) is 6.99. The Kier molecular flexibility index (Phi) is 4.79. The second-order valence-corrected chi connectivity index (χ2v) is 6.28. The lowest BCUT2D eigenvalue weighted by Gasteiger charge is -2.23. The molecule has 3 rings (SSSR count). The van der Waals surface area contributed by atoms with Gasteiger partial charge in [0, 0.05) is 31.0 Å². The number of anilines is 2. The Balaban J connectivity index is 1.96. The topological polar surface area (TPSA) is 49.3 Å². The quantitative estimate of drug-likeness (QED) is 0.864. The van der Waals surface area contributed by atoms with E-state index in [9.17, 15) is 4.79 Å². The van der Waals surface area contributed by atoms with Gasteiger partial charge >= 0.3 is 0 Å². The number of carbonyl (C=O) groups is 1. The zero-order chi connectivity index (χ0) is 17.1. The van der Waals surface area contributed by atoms with Crippen LogP contribution in [0, 0.1) is 13.8 Å². The fourth-order valence-electron chi connectivity index (χ4n) is 3.10. The summed E-state index contributed by atoms with van der Waals surface area (Å²) in [5.41, 5.74) is 3.54. The van der Waals surface area contributed by atoms with Crippen LogP contribution in [0.3, 0.4) is 0 Å². The molecule has 2 aromatic rings. The third-order valence-electron chi connectivity index (χ3n) is 4.33. The van der Waals surface area contributed by atoms with Crippen LogP contribution in [-0.2, 0) is 0 Å². The summed E-state index contributed by atoms with van der Waals surface area (Å²) in [6, 6.07) is 10.0. The van der Waals surface area contributed by atoms with Gasteiger partial charge in [0.05, 0.1) is 0 Å². The Labute approximate surface area is 143 Å². The monoisotopic (exact) mass is 324 g/mol. The Hall–Kier alpha value is -2.43. The van der Waals surface area contributed by atoms with Gasteiger partial charge in [-0.1, -0.05) is 12.1 Å². The molecule has 1 aromatic carbocycles. The normalized spacial score (nSPS) is 14.0. The van der Waals surface area contributed by atoms with E-state index in [1.165, 1.54) is 5.56 Å². The maximum absolute atomic E-state index is 12.7. The van der Waals surface area contributed by atoms with E-state index in [0.717, 1.165) is 43.9 Å². The predicted octanol–water partition coefficient (Wildman–Crippen LogP) is 3.49. The minimum absolute atomic E-state index is 0.0135. The highest BCUT2D eigenvalue weighted by Gasteiger charge is 2.22. The van der Waals surface area contributed by atoms with Gasteiger partial charge in [-0.2, -0.15) is 0 Å². The van der Waals surface area contributed by atoms with E-state index in [0.29, 0.717) is 11.6 Å². The Bertz CT molecular complexity index is 738. The second-order valence-electron chi connectivity index (χ2n) is 6.28. The van der Waals surface area contributed by atoms with Crippen LogP contribution < -0.4 is 4.90 Å². The van der Waals surface area contributed by atoms with Crippen LogP contribution in [0.5, 0.6) is 0 Å². The average Bonchev–Trinajstić information content (AvgIpc) is 3.09. The Morgan fingerprint density at radius 1 is 1.17 bits per heavy atom. The van der Waals surface area contributed by atoms with Crippen molar-refractivity contribution < 1.29 is 4.79 Å². The largest absolute Gasteiger partial charge is 0.337 e. The fourth-order valence-corrected chi connectivity index (χ4v) is 3.10. The molecule has 1 saturated heterocycles. The van der Waals surface area contributed by atoms with E-state index in [1.807, 2.05) is 28.9 Å². The fraction of sp³-hybridized carbons (Fsp3) is 0.421. The van der Waals surface area contributed by atoms with Crippen molar-refractivity contribution in [2.75, 3.05) is 24.5 Å². The van der Waals surface area contributed by atoms with E-state index in [-0.39, 0.29) is 5.91 Å². The predicted molar refractivity (Wildman–Crippen MR) is 95.8 cm³/mol. The summed E-state index contributed by atoms with van der Waals surface area (Å²) in [6.45, 7) is 8.44. The van der Waals surface area contributed by atoms with Gasteiger partial charge in [-0.05, 0) is 57.4 Å². The molecule has 0 saturated carbocycles. The number of rotatable bonds is 4. The Morgan fingerprint density at radius 3 is 2.58 bits per heavy atom. The first-order valence-corrected chi connectivity index (χ1v) is 8.57. The van der Waals surface area contributed by atoms with E-state index in [4.69, 9.17) is 0 Å². The number of hydrogen-bond donors (Lipinski definition) is 0. The molecule has 0 bridgehead atoms. The van der Waals surface area contributed by atoms with Crippen molar-refractivity contribution in [2.45, 2.75) is 33.6 Å². The minimum Gasteiger partial charge on any atom is -0.337 e. The molecule has 0 unspecified atom stereocenters. The van der Waals surface area contributed by atoms with Crippen LogP contribution in [0.2, 0.25) is 0 Å². The molecule has 0 aliphatic carbocycles. The van der Waals surface area contributed by atoms with Crippen LogP contribution in [-0.4, -0.2) is 40.4 Å². The van der Waals surface area contributed by atoms with Gasteiger partial charge in [0.1, 0.15) is 5.69 Å². The molecule has 0 N–H and O–H groups in total. The first-order chi connectivity index (χ1) is 11.6. The molecule has 1 aliphatic rings. The number of carbonyl (C=O) groups excluding carboxylic acids is 1. The molecule has 1 amide bonds. The van der Waals surface area contributed by atoms with Gasteiger partial charge in [0.2, 0.25) is 5.95 Å². The van der Waals surface area contributed by atoms with Crippen molar-refractivity contribution in [3.05, 3.63) is 47.3 Å². The first kappa shape index (κ1) is 16.4. The van der Waals surface area contributed by atoms with E-state index in [1.54, 1.807) is 6.07 Å². The number of likely N-dealkylation sites (tertiary alicyclic amines) is 1. The highest BCUT2D eigenvalue weighted by Crippen LogP contribution is 2.24. The lowest BCUT2D eigenvalue weighted by Crippen LogP contribution is -2.29. The van der Waals surface area contributed by atoms with Gasteiger partial charge in [-0.15, -0.1) is 0 Å². The van der Waals surface area contributed by atoms with Crippen molar-refractivity contribution in [2.24, 2.45) is 0 Å². The van der Waals surface area contributed by atoms with Gasteiger partial charge < -0.3 is 9.80 Å². The molecular formula is C19H24N4O. The van der Waals surface area contributed by atoms with Gasteiger partial charge in [0.15, 0.2) is 0 Å². The Morgan fingerprint density at radius 2 is 1.92 bits per heavy atom. The van der Waals surface area contributed by atoms with Gasteiger partial charge in [0.25, 0.3) is 5.91 Å². The maximum atomic E-state index is 12.7. The molecule has 0 radical (unpaired) electrons. The summed E-state index contributed by atoms with van der Waals surface area (Å²) in [7, 11) is 0. The number of hydrogen-bond acceptors (Lipinski definition) is 4. The van der Waals surface area contributed by atoms with Crippen LogP contribution in [0.15, 0.2) is 30.3 Å². The smallest absolute Gasteiger partial charge is 0.272 e. The maximum Gasteiger partial charge on any atom is 0.272 e. The summed E-state index contributed by atoms with van der Waals surface area (Å²) in [5.74, 6) is 0.602. The molecule has 0 atom stereocenters. The van der Waals surface area contributed by atoms with Crippen LogP contribution >= 0.6 is 0 Å². The molecule has 2 heterocycles. The number of nitrogens with zero attached hydrogens (tertiary/aromatic N) is 4. The molecule has 1 aliphatic heterocycles. The molecule has 1 aromatic heterocycles. The highest BCUT2D eigenvalue weighted by molar-refractivity contribution is 5.93. The van der Waals surface area contributed by atoms with E-state index >= 15 is 0 Å². The summed E-state index contributed by atoms with van der Waals surface area (Å²) in [4.78, 5) is 25.7. The van der Waals surface area contributed by atoms with Gasteiger partial charge in [-0.25, -0.2) is 9.97 Å². The molecule has 0 spiro atoms. The van der Waals surface area contributed by atoms with Crippen LogP contribution in [0.4, 0.5) is 11.6 Å². The summed E-state index contributed by atoms with van der Waals surface area (Å²) < 4.78 is 0. The van der Waals surface area contributed by atoms with Crippen LogP contribution in [0.25, 0.3) is 0 Å². The number of amides is 1. The zero-order valence-electron chi connectivity index (χ0n) is 14.6. The third kappa shape index (κ3) is 3.40. The lowest BCUT2D eigenvalue weighted by atomic mass is 10.2. The molecule has 5 nitrogen and oxygen atoms in total. The van der Waals surface area contributed by atoms with Crippen LogP contribution in [0.1, 0.15) is 41.5 Å². The van der Waals surface area contributed by atoms with Gasteiger partial charge in [-0.3, -0.25) is 4.79 Å². The molecule has 1 fully saturated rings. The number of aryl methyl sites for hydroxylation is 2.